The zero-order chi connectivity index (χ0) is 8.55. The molecule has 0 aliphatic rings. The first-order valence-corrected chi connectivity index (χ1v) is 3.97. The van der Waals surface area contributed by atoms with E-state index in [4.69, 9.17) is 4.42 Å². The van der Waals surface area contributed by atoms with Crippen LogP contribution in [0.15, 0.2) is 28.9 Å². The lowest BCUT2D eigenvalue weighted by Gasteiger charge is -2.04. The average Bonchev–Trinajstić information content (AvgIpc) is 2.52. The van der Waals surface area contributed by atoms with Gasteiger partial charge in [-0.2, -0.15) is 0 Å². The van der Waals surface area contributed by atoms with Crippen molar-refractivity contribution in [3.63, 3.8) is 0 Å². The summed E-state index contributed by atoms with van der Waals surface area (Å²) in [5, 5.41) is 4.31. The molecule has 0 saturated carbocycles. The molecule has 1 N–H and O–H groups in total. The smallest absolute Gasteiger partial charge is 0.135 e. The Morgan fingerprint density at radius 1 is 1.25 bits per heavy atom. The summed E-state index contributed by atoms with van der Waals surface area (Å²) in [6.45, 7) is 2.08. The highest BCUT2D eigenvalue weighted by Crippen LogP contribution is 2.27. The highest BCUT2D eigenvalue weighted by molar-refractivity contribution is 5.92. The van der Waals surface area contributed by atoms with Crippen molar-refractivity contribution < 1.29 is 4.42 Å². The van der Waals surface area contributed by atoms with E-state index < -0.39 is 0 Å². The molecular weight excluding hydrogens is 150 g/mol. The van der Waals surface area contributed by atoms with Gasteiger partial charge in [0.25, 0.3) is 0 Å². The summed E-state index contributed by atoms with van der Waals surface area (Å²) in [5.41, 5.74) is 3.33. The molecule has 1 heterocycles. The Hall–Kier alpha value is -1.44. The number of benzene rings is 1. The molecule has 0 bridgehead atoms. The molecule has 0 aliphatic carbocycles. The lowest BCUT2D eigenvalue weighted by molar-refractivity contribution is 0.616. The van der Waals surface area contributed by atoms with E-state index in [1.807, 2.05) is 19.2 Å². The minimum Gasteiger partial charge on any atom is -0.464 e. The van der Waals surface area contributed by atoms with Crippen LogP contribution >= 0.6 is 0 Å². The fraction of sp³-hybridized carbons (Fsp3) is 0.200. The third-order valence-electron chi connectivity index (χ3n) is 2.09. The third kappa shape index (κ3) is 0.881. The molecule has 12 heavy (non-hydrogen) atoms. The Labute approximate surface area is 71.2 Å². The van der Waals surface area contributed by atoms with Gasteiger partial charge in [0.15, 0.2) is 0 Å². The summed E-state index contributed by atoms with van der Waals surface area (Å²) in [5.74, 6) is 0. The van der Waals surface area contributed by atoms with Crippen LogP contribution in [0.25, 0.3) is 11.0 Å². The topological polar surface area (TPSA) is 25.2 Å². The van der Waals surface area contributed by atoms with Crippen LogP contribution in [-0.2, 0) is 0 Å². The highest BCUT2D eigenvalue weighted by Gasteiger charge is 2.03. The van der Waals surface area contributed by atoms with Crippen molar-refractivity contribution in [3.05, 3.63) is 30.0 Å². The highest BCUT2D eigenvalue weighted by atomic mass is 16.3. The number of fused-ring (bicyclic) bond motifs is 1. The van der Waals surface area contributed by atoms with E-state index in [1.165, 1.54) is 5.56 Å². The van der Waals surface area contributed by atoms with Crippen LogP contribution < -0.4 is 5.32 Å². The Balaban J connectivity index is 2.83. The normalized spacial score (nSPS) is 10.5. The average molecular weight is 161 g/mol. The molecule has 1 aromatic heterocycles. The quantitative estimate of drug-likeness (QED) is 0.695. The summed E-state index contributed by atoms with van der Waals surface area (Å²) >= 11 is 0. The van der Waals surface area contributed by atoms with Crippen LogP contribution in [0, 0.1) is 6.92 Å². The van der Waals surface area contributed by atoms with Crippen molar-refractivity contribution in [2.45, 2.75) is 6.92 Å². The first-order valence-electron chi connectivity index (χ1n) is 3.97. The number of anilines is 1. The molecule has 62 valence electrons. The van der Waals surface area contributed by atoms with Crippen molar-refractivity contribution in [1.29, 1.82) is 0 Å². The number of furan rings is 1. The second-order valence-electron chi connectivity index (χ2n) is 2.84. The summed E-state index contributed by atoms with van der Waals surface area (Å²) in [6, 6.07) is 6.03. The molecule has 2 rings (SSSR count). The largest absolute Gasteiger partial charge is 0.464 e. The van der Waals surface area contributed by atoms with Crippen molar-refractivity contribution in [1.82, 2.24) is 0 Å². The van der Waals surface area contributed by atoms with Gasteiger partial charge in [0.1, 0.15) is 5.58 Å². The summed E-state index contributed by atoms with van der Waals surface area (Å²) in [6.07, 6.45) is 1.71. The van der Waals surface area contributed by atoms with Gasteiger partial charge in [0, 0.05) is 18.1 Å². The minimum absolute atomic E-state index is 0.935. The number of rotatable bonds is 1. The van der Waals surface area contributed by atoms with E-state index in [2.05, 4.69) is 18.3 Å². The molecule has 2 heteroatoms. The van der Waals surface area contributed by atoms with E-state index in [9.17, 15) is 0 Å². The lowest BCUT2D eigenvalue weighted by atomic mass is 10.1. The molecule has 1 aromatic carbocycles. The van der Waals surface area contributed by atoms with Crippen LogP contribution in [0.3, 0.4) is 0 Å². The van der Waals surface area contributed by atoms with Gasteiger partial charge in [-0.25, -0.2) is 0 Å². The Bertz CT molecular complexity index is 403. The van der Waals surface area contributed by atoms with Gasteiger partial charge in [0.05, 0.1) is 6.26 Å². The van der Waals surface area contributed by atoms with E-state index in [0.29, 0.717) is 0 Å². The van der Waals surface area contributed by atoms with Crippen LogP contribution in [-0.4, -0.2) is 7.05 Å². The number of aryl methyl sites for hydroxylation is 1. The van der Waals surface area contributed by atoms with Crippen LogP contribution in [0.4, 0.5) is 5.69 Å². The van der Waals surface area contributed by atoms with Gasteiger partial charge in [-0.05, 0) is 24.6 Å². The molecule has 0 unspecified atom stereocenters. The van der Waals surface area contributed by atoms with Crippen LogP contribution in [0.1, 0.15) is 5.56 Å². The maximum atomic E-state index is 5.28. The molecule has 0 radical (unpaired) electrons. The molecule has 0 spiro atoms. The van der Waals surface area contributed by atoms with Gasteiger partial charge in [0.2, 0.25) is 0 Å². The predicted molar refractivity (Wildman–Crippen MR) is 50.5 cm³/mol. The second-order valence-corrected chi connectivity index (χ2v) is 2.84. The second kappa shape index (κ2) is 2.55. The maximum Gasteiger partial charge on any atom is 0.135 e. The Kier molecular flexibility index (Phi) is 1.54. The minimum atomic E-state index is 0.935. The molecular formula is C10H11NO. The Morgan fingerprint density at radius 3 is 2.83 bits per heavy atom. The van der Waals surface area contributed by atoms with Gasteiger partial charge in [-0.15, -0.1) is 0 Å². The van der Waals surface area contributed by atoms with Gasteiger partial charge >= 0.3 is 0 Å². The summed E-state index contributed by atoms with van der Waals surface area (Å²) in [4.78, 5) is 0. The SMILES string of the molecule is CNc1c(C)ccc2occc12. The molecule has 0 aliphatic heterocycles. The van der Waals surface area contributed by atoms with E-state index in [1.54, 1.807) is 6.26 Å². The third-order valence-corrected chi connectivity index (χ3v) is 2.09. The van der Waals surface area contributed by atoms with Crippen molar-refractivity contribution in [2.75, 3.05) is 12.4 Å². The number of nitrogens with one attached hydrogen (secondary N) is 1. The van der Waals surface area contributed by atoms with Gasteiger partial charge in [-0.1, -0.05) is 6.07 Å². The maximum absolute atomic E-state index is 5.28. The molecule has 0 atom stereocenters. The van der Waals surface area contributed by atoms with E-state index in [0.717, 1.165) is 16.7 Å². The van der Waals surface area contributed by atoms with Crippen molar-refractivity contribution in [3.8, 4) is 0 Å². The van der Waals surface area contributed by atoms with Gasteiger partial charge < -0.3 is 9.73 Å². The number of hydrogen-bond donors (Lipinski definition) is 1. The fourth-order valence-electron chi connectivity index (χ4n) is 1.48. The standard InChI is InChI=1S/C10H11NO/c1-7-3-4-9-8(5-6-12-9)10(7)11-2/h3-6,11H,1-2H3. The first-order chi connectivity index (χ1) is 5.83. The fourth-order valence-corrected chi connectivity index (χ4v) is 1.48. The van der Waals surface area contributed by atoms with E-state index in [-0.39, 0.29) is 0 Å². The van der Waals surface area contributed by atoms with Crippen molar-refractivity contribution >= 4 is 16.7 Å². The molecule has 0 saturated heterocycles. The monoisotopic (exact) mass is 161 g/mol. The predicted octanol–water partition coefficient (Wildman–Crippen LogP) is 2.78. The lowest BCUT2D eigenvalue weighted by Crippen LogP contribution is -1.91. The molecule has 2 aromatic rings. The summed E-state index contributed by atoms with van der Waals surface area (Å²) < 4.78 is 5.28. The van der Waals surface area contributed by atoms with E-state index >= 15 is 0 Å². The molecule has 2 nitrogen and oxygen atoms in total. The number of hydrogen-bond acceptors (Lipinski definition) is 2. The molecule has 0 amide bonds. The van der Waals surface area contributed by atoms with Crippen LogP contribution in [0.2, 0.25) is 0 Å². The van der Waals surface area contributed by atoms with Crippen molar-refractivity contribution in [2.24, 2.45) is 0 Å². The first kappa shape index (κ1) is 7.22. The van der Waals surface area contributed by atoms with Gasteiger partial charge in [-0.3, -0.25) is 0 Å². The molecule has 0 fully saturated rings. The zero-order valence-electron chi connectivity index (χ0n) is 7.22. The zero-order valence-corrected chi connectivity index (χ0v) is 7.22. The summed E-state index contributed by atoms with van der Waals surface area (Å²) in [7, 11) is 1.93. The Morgan fingerprint density at radius 2 is 2.08 bits per heavy atom. The van der Waals surface area contributed by atoms with Crippen LogP contribution in [0.5, 0.6) is 0 Å².